The summed E-state index contributed by atoms with van der Waals surface area (Å²) in [6, 6.07) is -2.92. The number of ether oxygens (including phenoxy) is 2. The number of phosphoric acid groups is 1. The van der Waals surface area contributed by atoms with E-state index in [0.29, 0.717) is 12.8 Å². The maximum Gasteiger partial charge on any atom is 0.472 e. The highest BCUT2D eigenvalue weighted by Gasteiger charge is 2.55. The number of hydrogen-bond donors (Lipinski definition) is 12. The van der Waals surface area contributed by atoms with Crippen LogP contribution in [-0.4, -0.2) is 155 Å². The van der Waals surface area contributed by atoms with Gasteiger partial charge in [0.05, 0.1) is 31.4 Å². The van der Waals surface area contributed by atoms with E-state index in [1.165, 1.54) is 161 Å². The fraction of sp³-hybridized carbons (Fsp3) is 0.982. The second-order valence-corrected chi connectivity index (χ2v) is 23.5. The van der Waals surface area contributed by atoms with Gasteiger partial charge in [-0.05, 0) is 12.8 Å². The highest BCUT2D eigenvalue weighted by Crippen LogP contribution is 2.48. The first-order chi connectivity index (χ1) is 36.1. The standard InChI is InChI=1S/C56H111N2O16P/c1-3-5-7-9-11-13-15-17-18-19-20-21-22-23-24-25-26-27-29-31-33-35-37-39-45(61)58-42(47(62)43(60)38-36-34-32-30-28-16-14-12-10-8-6-4-2)41-71-75(69,70)74-55-53(68)51(66)50(65)52(67)54(55)73-56-46(57)49(64)48(63)44(40-59)72-56/h42-44,46-56,59-60,62-68H,3-41,57H2,1-2H3,(H,58,61)(H,69,70)/t42-,43+,44?,46+,47-,48+,49?,50?,51+,52?,53?,54?,55+,56+/m0/s1. The number of aliphatic hydroxyl groups excluding tert-OH is 9. The van der Waals surface area contributed by atoms with Gasteiger partial charge in [-0.3, -0.25) is 13.8 Å². The molecule has 19 heteroatoms. The van der Waals surface area contributed by atoms with E-state index in [-0.39, 0.29) is 12.8 Å². The Morgan fingerprint density at radius 1 is 0.547 bits per heavy atom. The van der Waals surface area contributed by atoms with Crippen molar-refractivity contribution in [2.45, 2.75) is 337 Å². The fourth-order valence-electron chi connectivity index (χ4n) is 10.4. The predicted octanol–water partition coefficient (Wildman–Crippen LogP) is 7.78. The Balaban J connectivity index is 1.86. The van der Waals surface area contributed by atoms with E-state index in [1.807, 2.05) is 0 Å². The van der Waals surface area contributed by atoms with Crippen molar-refractivity contribution in [3.8, 4) is 0 Å². The molecular weight excluding hydrogens is 988 g/mol. The molecule has 1 aliphatic carbocycles. The van der Waals surface area contributed by atoms with Crippen molar-refractivity contribution < 1.29 is 78.7 Å². The second-order valence-electron chi connectivity index (χ2n) is 22.1. The van der Waals surface area contributed by atoms with Gasteiger partial charge in [0.1, 0.15) is 61.0 Å². The van der Waals surface area contributed by atoms with Crippen LogP contribution in [0.5, 0.6) is 0 Å². The smallest absolute Gasteiger partial charge is 0.394 e. The number of amides is 1. The van der Waals surface area contributed by atoms with Gasteiger partial charge in [-0.2, -0.15) is 0 Å². The third kappa shape index (κ3) is 29.9. The van der Waals surface area contributed by atoms with Gasteiger partial charge in [0, 0.05) is 6.42 Å². The van der Waals surface area contributed by atoms with Gasteiger partial charge in [0.2, 0.25) is 5.91 Å². The van der Waals surface area contributed by atoms with Crippen molar-refractivity contribution in [1.82, 2.24) is 5.32 Å². The van der Waals surface area contributed by atoms with Crippen LogP contribution in [0.1, 0.15) is 251 Å². The lowest BCUT2D eigenvalue weighted by molar-refractivity contribution is -0.315. The van der Waals surface area contributed by atoms with E-state index in [9.17, 15) is 60.2 Å². The molecule has 2 rings (SSSR count). The molecule has 0 aromatic carbocycles. The fourth-order valence-corrected chi connectivity index (χ4v) is 11.4. The summed E-state index contributed by atoms with van der Waals surface area (Å²) in [5.74, 6) is -0.467. The van der Waals surface area contributed by atoms with Crippen LogP contribution in [-0.2, 0) is 27.9 Å². The maximum absolute atomic E-state index is 13.6. The number of hydrogen-bond acceptors (Lipinski definition) is 16. The van der Waals surface area contributed by atoms with E-state index >= 15 is 0 Å². The summed E-state index contributed by atoms with van der Waals surface area (Å²) in [6.07, 6.45) is 20.3. The van der Waals surface area contributed by atoms with Crippen molar-refractivity contribution in [2.24, 2.45) is 5.73 Å². The molecule has 1 amide bonds. The molecule has 0 aromatic rings. The predicted molar refractivity (Wildman–Crippen MR) is 291 cm³/mol. The van der Waals surface area contributed by atoms with Crippen LogP contribution >= 0.6 is 7.82 Å². The third-order valence-electron chi connectivity index (χ3n) is 15.5. The Bertz CT molecular complexity index is 1430. The minimum absolute atomic E-state index is 0.101. The monoisotopic (exact) mass is 1100 g/mol. The summed E-state index contributed by atoms with van der Waals surface area (Å²) in [5, 5.41) is 98.3. The molecule has 0 spiro atoms. The molecule has 2 aliphatic rings. The quantitative estimate of drug-likeness (QED) is 0.0204. The number of nitrogens with one attached hydrogen (secondary N) is 1. The van der Waals surface area contributed by atoms with Crippen LogP contribution in [0.2, 0.25) is 0 Å². The Morgan fingerprint density at radius 3 is 1.32 bits per heavy atom. The van der Waals surface area contributed by atoms with Gasteiger partial charge in [0.25, 0.3) is 0 Å². The number of rotatable bonds is 48. The molecule has 13 N–H and O–H groups in total. The minimum atomic E-state index is -5.38. The number of phosphoric ester groups is 1. The molecule has 446 valence electrons. The average Bonchev–Trinajstić information content (AvgIpc) is 3.39. The first kappa shape index (κ1) is 70.2. The Labute approximate surface area is 452 Å². The molecule has 0 bridgehead atoms. The number of unbranched alkanes of at least 4 members (excludes halogenated alkanes) is 33. The summed E-state index contributed by atoms with van der Waals surface area (Å²) >= 11 is 0. The number of carbonyl (C=O) groups is 1. The molecular formula is C56H111N2O16P. The first-order valence-electron chi connectivity index (χ1n) is 30.2. The van der Waals surface area contributed by atoms with E-state index < -0.39 is 112 Å². The number of aliphatic hydroxyl groups is 9. The second kappa shape index (κ2) is 42.9. The molecule has 1 aliphatic heterocycles. The van der Waals surface area contributed by atoms with Gasteiger partial charge in [0.15, 0.2) is 6.29 Å². The summed E-state index contributed by atoms with van der Waals surface area (Å²) in [4.78, 5) is 24.3. The summed E-state index contributed by atoms with van der Waals surface area (Å²) in [5.41, 5.74) is 5.98. The van der Waals surface area contributed by atoms with Gasteiger partial charge >= 0.3 is 7.82 Å². The lowest BCUT2D eigenvalue weighted by atomic mass is 9.84. The van der Waals surface area contributed by atoms with Crippen LogP contribution < -0.4 is 11.1 Å². The maximum atomic E-state index is 13.6. The molecule has 2 fully saturated rings. The Kier molecular flexibility index (Phi) is 40.2. The van der Waals surface area contributed by atoms with Crippen LogP contribution in [0.15, 0.2) is 0 Å². The van der Waals surface area contributed by atoms with Crippen LogP contribution in [0.4, 0.5) is 0 Å². The highest BCUT2D eigenvalue weighted by molar-refractivity contribution is 7.47. The molecule has 0 radical (unpaired) electrons. The van der Waals surface area contributed by atoms with Crippen molar-refractivity contribution in [3.05, 3.63) is 0 Å². The van der Waals surface area contributed by atoms with E-state index in [2.05, 4.69) is 19.2 Å². The van der Waals surface area contributed by atoms with E-state index in [1.54, 1.807) is 0 Å². The molecule has 75 heavy (non-hydrogen) atoms. The molecule has 1 saturated carbocycles. The highest BCUT2D eigenvalue weighted by atomic mass is 31.2. The molecule has 7 unspecified atom stereocenters. The van der Waals surface area contributed by atoms with Gasteiger partial charge in [-0.1, -0.05) is 232 Å². The van der Waals surface area contributed by atoms with Gasteiger partial charge in [-0.25, -0.2) is 4.57 Å². The van der Waals surface area contributed by atoms with Crippen molar-refractivity contribution in [1.29, 1.82) is 0 Å². The summed E-state index contributed by atoms with van der Waals surface area (Å²) < 4.78 is 35.2. The van der Waals surface area contributed by atoms with Crippen molar-refractivity contribution >= 4 is 13.7 Å². The van der Waals surface area contributed by atoms with E-state index in [0.717, 1.165) is 51.4 Å². The lowest BCUT2D eigenvalue weighted by Gasteiger charge is -2.47. The Morgan fingerprint density at radius 2 is 0.920 bits per heavy atom. The first-order valence-corrected chi connectivity index (χ1v) is 31.7. The van der Waals surface area contributed by atoms with Gasteiger partial charge in [-0.15, -0.1) is 0 Å². The van der Waals surface area contributed by atoms with Crippen molar-refractivity contribution in [3.63, 3.8) is 0 Å². The van der Waals surface area contributed by atoms with Crippen LogP contribution in [0.3, 0.4) is 0 Å². The topological polar surface area (TPSA) is 311 Å². The van der Waals surface area contributed by atoms with Gasteiger partial charge < -0.3 is 71.4 Å². The van der Waals surface area contributed by atoms with Crippen LogP contribution in [0, 0.1) is 0 Å². The SMILES string of the molecule is CCCCCCCCCCCCCCCCCCCCCCCCCC(=O)N[C@@H](COP(=O)(O)O[C@H]1C(O[C@H]2OC(CO)[C@@H](O)C(O)[C@H]2N)C(O)C(O)[C@@H](O)C1O)[C@H](O)[C@H](O)CCCCCCCCCCCCCC. The summed E-state index contributed by atoms with van der Waals surface area (Å²) in [6.45, 7) is 2.83. The zero-order valence-electron chi connectivity index (χ0n) is 46.6. The third-order valence-corrected chi connectivity index (χ3v) is 16.4. The van der Waals surface area contributed by atoms with Crippen molar-refractivity contribution in [2.75, 3.05) is 13.2 Å². The molecule has 15 atom stereocenters. The molecule has 1 saturated heterocycles. The Hall–Kier alpha value is -0.900. The normalized spacial score (nSPS) is 27.2. The van der Waals surface area contributed by atoms with Crippen LogP contribution in [0.25, 0.3) is 0 Å². The number of nitrogens with two attached hydrogens (primary N) is 1. The zero-order chi connectivity index (χ0) is 55.3. The minimum Gasteiger partial charge on any atom is -0.394 e. The zero-order valence-corrected chi connectivity index (χ0v) is 47.5. The largest absolute Gasteiger partial charge is 0.472 e. The molecule has 18 nitrogen and oxygen atoms in total. The average molecular weight is 1100 g/mol. The lowest BCUT2D eigenvalue weighted by Crippen LogP contribution is -2.68. The number of carbonyl (C=O) groups excluding carboxylic acids is 1. The van der Waals surface area contributed by atoms with E-state index in [4.69, 9.17) is 24.3 Å². The molecule has 0 aromatic heterocycles. The summed E-state index contributed by atoms with van der Waals surface area (Å²) in [7, 11) is -5.38. The molecule has 1 heterocycles.